The van der Waals surface area contributed by atoms with Crippen molar-refractivity contribution in [2.45, 2.75) is 40.7 Å². The lowest BCUT2D eigenvalue weighted by molar-refractivity contribution is 0.235. The first-order valence-corrected chi connectivity index (χ1v) is 6.15. The molecule has 1 atom stereocenters. The standard InChI is InChI=1S/C13H23N3/c1-5-11(3)9-16(6-2)10-13-8-14-12(4)7-15-13/h7-8,11H,5-6,9-10H2,1-4H3. The summed E-state index contributed by atoms with van der Waals surface area (Å²) in [7, 11) is 0. The predicted molar refractivity (Wildman–Crippen MR) is 67.2 cm³/mol. The maximum absolute atomic E-state index is 4.39. The zero-order chi connectivity index (χ0) is 12.0. The van der Waals surface area contributed by atoms with Crippen molar-refractivity contribution in [1.82, 2.24) is 14.9 Å². The predicted octanol–water partition coefficient (Wildman–Crippen LogP) is 2.65. The van der Waals surface area contributed by atoms with Crippen molar-refractivity contribution in [2.24, 2.45) is 5.92 Å². The van der Waals surface area contributed by atoms with Gasteiger partial charge in [-0.15, -0.1) is 0 Å². The van der Waals surface area contributed by atoms with Crippen LogP contribution >= 0.6 is 0 Å². The molecule has 0 aromatic carbocycles. The number of rotatable bonds is 6. The third-order valence-electron chi connectivity index (χ3n) is 2.93. The van der Waals surface area contributed by atoms with Crippen LogP contribution in [0.5, 0.6) is 0 Å². The smallest absolute Gasteiger partial charge is 0.0727 e. The van der Waals surface area contributed by atoms with E-state index in [2.05, 4.69) is 35.6 Å². The van der Waals surface area contributed by atoms with Crippen molar-refractivity contribution in [3.8, 4) is 0 Å². The van der Waals surface area contributed by atoms with Crippen LogP contribution in [0.25, 0.3) is 0 Å². The second-order valence-corrected chi connectivity index (χ2v) is 4.49. The van der Waals surface area contributed by atoms with Crippen LogP contribution in [0.3, 0.4) is 0 Å². The van der Waals surface area contributed by atoms with Crippen LogP contribution in [0.4, 0.5) is 0 Å². The number of hydrogen-bond acceptors (Lipinski definition) is 3. The van der Waals surface area contributed by atoms with E-state index >= 15 is 0 Å². The molecule has 0 bridgehead atoms. The molecule has 1 rings (SSSR count). The highest BCUT2D eigenvalue weighted by Gasteiger charge is 2.08. The topological polar surface area (TPSA) is 29.0 Å². The second-order valence-electron chi connectivity index (χ2n) is 4.49. The second kappa shape index (κ2) is 6.59. The average molecular weight is 221 g/mol. The molecule has 0 amide bonds. The molecule has 90 valence electrons. The van der Waals surface area contributed by atoms with E-state index in [0.29, 0.717) is 0 Å². The van der Waals surface area contributed by atoms with Crippen molar-refractivity contribution >= 4 is 0 Å². The van der Waals surface area contributed by atoms with E-state index in [1.807, 2.05) is 19.3 Å². The van der Waals surface area contributed by atoms with Gasteiger partial charge in [-0.25, -0.2) is 0 Å². The van der Waals surface area contributed by atoms with Crippen LogP contribution in [-0.4, -0.2) is 28.0 Å². The molecule has 1 unspecified atom stereocenters. The molecule has 16 heavy (non-hydrogen) atoms. The summed E-state index contributed by atoms with van der Waals surface area (Å²) in [4.78, 5) is 11.1. The fourth-order valence-corrected chi connectivity index (χ4v) is 1.61. The average Bonchev–Trinajstić information content (AvgIpc) is 2.30. The minimum absolute atomic E-state index is 0.748. The van der Waals surface area contributed by atoms with Crippen molar-refractivity contribution < 1.29 is 0 Å². The van der Waals surface area contributed by atoms with E-state index in [1.165, 1.54) is 6.42 Å². The Labute approximate surface area is 98.9 Å². The largest absolute Gasteiger partial charge is 0.297 e. The monoisotopic (exact) mass is 221 g/mol. The van der Waals surface area contributed by atoms with Crippen molar-refractivity contribution in [1.29, 1.82) is 0 Å². The summed E-state index contributed by atoms with van der Waals surface area (Å²) in [5.41, 5.74) is 2.05. The van der Waals surface area contributed by atoms with Gasteiger partial charge in [0.1, 0.15) is 0 Å². The van der Waals surface area contributed by atoms with Crippen LogP contribution in [-0.2, 0) is 6.54 Å². The summed E-state index contributed by atoms with van der Waals surface area (Å²) in [5.74, 6) is 0.748. The Morgan fingerprint density at radius 1 is 1.25 bits per heavy atom. The Hall–Kier alpha value is -0.960. The van der Waals surface area contributed by atoms with Gasteiger partial charge in [0.25, 0.3) is 0 Å². The Balaban J connectivity index is 2.52. The van der Waals surface area contributed by atoms with Gasteiger partial charge in [0.05, 0.1) is 11.4 Å². The molecule has 0 aliphatic rings. The highest BCUT2D eigenvalue weighted by molar-refractivity contribution is 5.00. The maximum atomic E-state index is 4.39. The molecule has 1 aromatic rings. The van der Waals surface area contributed by atoms with Crippen LogP contribution in [0.1, 0.15) is 38.6 Å². The van der Waals surface area contributed by atoms with Gasteiger partial charge in [-0.05, 0) is 19.4 Å². The Bertz CT molecular complexity index is 295. The van der Waals surface area contributed by atoms with Gasteiger partial charge >= 0.3 is 0 Å². The molecule has 0 saturated carbocycles. The number of aryl methyl sites for hydroxylation is 1. The van der Waals surface area contributed by atoms with Gasteiger partial charge in [-0.3, -0.25) is 14.9 Å². The summed E-state index contributed by atoms with van der Waals surface area (Å²) < 4.78 is 0. The summed E-state index contributed by atoms with van der Waals surface area (Å²) in [6.07, 6.45) is 4.96. The number of aromatic nitrogens is 2. The van der Waals surface area contributed by atoms with Crippen LogP contribution in [0.2, 0.25) is 0 Å². The van der Waals surface area contributed by atoms with Gasteiger partial charge in [0, 0.05) is 25.5 Å². The Kier molecular flexibility index (Phi) is 5.39. The number of nitrogens with zero attached hydrogens (tertiary/aromatic N) is 3. The quantitative estimate of drug-likeness (QED) is 0.739. The third-order valence-corrected chi connectivity index (χ3v) is 2.93. The lowest BCUT2D eigenvalue weighted by Gasteiger charge is -2.23. The molecule has 0 spiro atoms. The molecule has 0 fully saturated rings. The summed E-state index contributed by atoms with van der Waals surface area (Å²) in [6.45, 7) is 11.8. The van der Waals surface area contributed by atoms with Crippen molar-refractivity contribution in [3.63, 3.8) is 0 Å². The van der Waals surface area contributed by atoms with Gasteiger partial charge < -0.3 is 0 Å². The van der Waals surface area contributed by atoms with Gasteiger partial charge in [0.2, 0.25) is 0 Å². The van der Waals surface area contributed by atoms with Crippen molar-refractivity contribution in [2.75, 3.05) is 13.1 Å². The molecule has 0 radical (unpaired) electrons. The van der Waals surface area contributed by atoms with E-state index in [9.17, 15) is 0 Å². The summed E-state index contributed by atoms with van der Waals surface area (Å²) >= 11 is 0. The maximum Gasteiger partial charge on any atom is 0.0727 e. The van der Waals surface area contributed by atoms with Gasteiger partial charge in [-0.2, -0.15) is 0 Å². The lowest BCUT2D eigenvalue weighted by atomic mass is 10.1. The molecule has 0 saturated heterocycles. The molecule has 3 heteroatoms. The molecular formula is C13H23N3. The van der Waals surface area contributed by atoms with E-state index in [0.717, 1.165) is 36.9 Å². The molecule has 3 nitrogen and oxygen atoms in total. The first-order chi connectivity index (χ1) is 7.65. The minimum Gasteiger partial charge on any atom is -0.297 e. The van der Waals surface area contributed by atoms with E-state index in [4.69, 9.17) is 0 Å². The summed E-state index contributed by atoms with van der Waals surface area (Å²) in [6, 6.07) is 0. The zero-order valence-corrected chi connectivity index (χ0v) is 10.9. The van der Waals surface area contributed by atoms with Gasteiger partial charge in [-0.1, -0.05) is 27.2 Å². The Morgan fingerprint density at radius 3 is 2.50 bits per heavy atom. The third kappa shape index (κ3) is 4.27. The van der Waals surface area contributed by atoms with E-state index in [-0.39, 0.29) is 0 Å². The zero-order valence-electron chi connectivity index (χ0n) is 10.9. The molecule has 1 aromatic heterocycles. The number of hydrogen-bond donors (Lipinski definition) is 0. The van der Waals surface area contributed by atoms with E-state index in [1.54, 1.807) is 0 Å². The van der Waals surface area contributed by atoms with Gasteiger partial charge in [0.15, 0.2) is 0 Å². The SMILES string of the molecule is CCC(C)CN(CC)Cc1cnc(C)cn1. The molecule has 0 N–H and O–H groups in total. The summed E-state index contributed by atoms with van der Waals surface area (Å²) in [5, 5.41) is 0. The molecule has 0 aliphatic carbocycles. The van der Waals surface area contributed by atoms with Crippen molar-refractivity contribution in [3.05, 3.63) is 23.8 Å². The van der Waals surface area contributed by atoms with Crippen LogP contribution < -0.4 is 0 Å². The lowest BCUT2D eigenvalue weighted by Crippen LogP contribution is -2.28. The normalized spacial score (nSPS) is 13.1. The highest BCUT2D eigenvalue weighted by atomic mass is 15.1. The molecule has 1 heterocycles. The molecular weight excluding hydrogens is 198 g/mol. The molecule has 0 aliphatic heterocycles. The van der Waals surface area contributed by atoms with E-state index < -0.39 is 0 Å². The first kappa shape index (κ1) is 13.1. The fraction of sp³-hybridized carbons (Fsp3) is 0.692. The minimum atomic E-state index is 0.748. The Morgan fingerprint density at radius 2 is 2.00 bits per heavy atom. The fourth-order valence-electron chi connectivity index (χ4n) is 1.61. The highest BCUT2D eigenvalue weighted by Crippen LogP contribution is 2.07. The first-order valence-electron chi connectivity index (χ1n) is 6.15. The van der Waals surface area contributed by atoms with Crippen LogP contribution in [0.15, 0.2) is 12.4 Å². The van der Waals surface area contributed by atoms with Crippen LogP contribution in [0, 0.1) is 12.8 Å².